The lowest BCUT2D eigenvalue weighted by Gasteiger charge is -2.09. The minimum Gasteiger partial charge on any atom is -0.465 e. The molecule has 0 saturated carbocycles. The Morgan fingerprint density at radius 1 is 1.32 bits per heavy atom. The van der Waals surface area contributed by atoms with Crippen LogP contribution in [0, 0.1) is 6.92 Å². The number of amides is 1. The summed E-state index contributed by atoms with van der Waals surface area (Å²) in [5.74, 6) is 0.470. The summed E-state index contributed by atoms with van der Waals surface area (Å²) < 4.78 is 6.82. The molecule has 3 aromatic rings. The maximum Gasteiger partial charge on any atom is 0.404 e. The van der Waals surface area contributed by atoms with E-state index in [9.17, 15) is 4.79 Å². The summed E-state index contributed by atoms with van der Waals surface area (Å²) in [4.78, 5) is 19.5. The zero-order valence-electron chi connectivity index (χ0n) is 15.7. The molecule has 9 heteroatoms. The lowest BCUT2D eigenvalue weighted by molar-refractivity contribution is 0.183. The first-order valence-electron chi connectivity index (χ1n) is 8.73. The highest BCUT2D eigenvalue weighted by atomic mass is 16.5. The zero-order valence-corrected chi connectivity index (χ0v) is 15.7. The van der Waals surface area contributed by atoms with E-state index in [1.807, 2.05) is 37.4 Å². The summed E-state index contributed by atoms with van der Waals surface area (Å²) in [6.07, 6.45) is 4.22. The number of rotatable bonds is 8. The first-order chi connectivity index (χ1) is 13.5. The Kier molecular flexibility index (Phi) is 6.18. The Hall–Kier alpha value is -3.46. The predicted octanol–water partition coefficient (Wildman–Crippen LogP) is 2.81. The molecule has 146 valence electrons. The van der Waals surface area contributed by atoms with Gasteiger partial charge >= 0.3 is 6.09 Å². The average Bonchev–Trinajstić information content (AvgIpc) is 3.12. The highest BCUT2D eigenvalue weighted by Gasteiger charge is 2.07. The molecule has 0 bridgehead atoms. The van der Waals surface area contributed by atoms with Crippen molar-refractivity contribution in [3.63, 3.8) is 0 Å². The number of carbonyl (C=O) groups is 1. The van der Waals surface area contributed by atoms with Gasteiger partial charge in [0.15, 0.2) is 0 Å². The Morgan fingerprint density at radius 3 is 2.93 bits per heavy atom. The molecule has 28 heavy (non-hydrogen) atoms. The van der Waals surface area contributed by atoms with Gasteiger partial charge in [-0.05, 0) is 30.2 Å². The number of ether oxygens (including phenoxy) is 1. The van der Waals surface area contributed by atoms with Gasteiger partial charge in [0.05, 0.1) is 30.7 Å². The van der Waals surface area contributed by atoms with Gasteiger partial charge in [-0.3, -0.25) is 4.68 Å². The fourth-order valence-corrected chi connectivity index (χ4v) is 2.67. The molecular weight excluding hydrogens is 360 g/mol. The van der Waals surface area contributed by atoms with Crippen molar-refractivity contribution in [1.29, 1.82) is 0 Å². The fourth-order valence-electron chi connectivity index (χ4n) is 2.67. The van der Waals surface area contributed by atoms with Crippen molar-refractivity contribution in [2.45, 2.75) is 20.0 Å². The van der Waals surface area contributed by atoms with E-state index in [4.69, 9.17) is 9.84 Å². The number of hydrogen-bond donors (Lipinski definition) is 3. The fraction of sp³-hybridized carbons (Fsp3) is 0.263. The third-order valence-corrected chi connectivity index (χ3v) is 4.14. The smallest absolute Gasteiger partial charge is 0.404 e. The third kappa shape index (κ3) is 5.04. The second kappa shape index (κ2) is 8.96. The van der Waals surface area contributed by atoms with Gasteiger partial charge in [0.1, 0.15) is 0 Å². The summed E-state index contributed by atoms with van der Waals surface area (Å²) in [5, 5.41) is 18.5. The van der Waals surface area contributed by atoms with Gasteiger partial charge in [-0.2, -0.15) is 5.10 Å². The number of aryl methyl sites for hydroxylation is 1. The Morgan fingerprint density at radius 2 is 2.18 bits per heavy atom. The van der Waals surface area contributed by atoms with Crippen molar-refractivity contribution in [3.05, 3.63) is 54.0 Å². The Labute approximate surface area is 162 Å². The van der Waals surface area contributed by atoms with Crippen LogP contribution in [-0.4, -0.2) is 44.7 Å². The van der Waals surface area contributed by atoms with E-state index in [0.29, 0.717) is 19.1 Å². The normalized spacial score (nSPS) is 10.6. The van der Waals surface area contributed by atoms with Gasteiger partial charge in [0.2, 0.25) is 5.95 Å². The van der Waals surface area contributed by atoms with E-state index in [0.717, 1.165) is 28.1 Å². The molecule has 2 aromatic heterocycles. The second-order valence-corrected chi connectivity index (χ2v) is 6.18. The predicted molar refractivity (Wildman–Crippen MR) is 104 cm³/mol. The van der Waals surface area contributed by atoms with Crippen LogP contribution >= 0.6 is 0 Å². The van der Waals surface area contributed by atoms with Crippen molar-refractivity contribution >= 4 is 17.7 Å². The van der Waals surface area contributed by atoms with Crippen molar-refractivity contribution in [2.24, 2.45) is 0 Å². The lowest BCUT2D eigenvalue weighted by atomic mass is 10.0. The molecule has 9 nitrogen and oxygen atoms in total. The number of hydrogen-bond acceptors (Lipinski definition) is 6. The van der Waals surface area contributed by atoms with Gasteiger partial charge in [-0.15, -0.1) is 0 Å². The molecule has 0 aliphatic carbocycles. The first kappa shape index (κ1) is 19.3. The quantitative estimate of drug-likeness (QED) is 0.549. The molecule has 1 amide bonds. The van der Waals surface area contributed by atoms with Gasteiger partial charge in [-0.25, -0.2) is 14.8 Å². The van der Waals surface area contributed by atoms with Gasteiger partial charge < -0.3 is 20.5 Å². The summed E-state index contributed by atoms with van der Waals surface area (Å²) in [6, 6.07) is 7.63. The van der Waals surface area contributed by atoms with Gasteiger partial charge in [-0.1, -0.05) is 12.1 Å². The molecule has 3 N–H and O–H groups in total. The standard InChI is InChI=1S/C19H22N6O3/c1-13-9-14(3-4-15(13)10-21-19(26)27)17-5-6-20-18(24-17)23-16-11-22-25(12-16)7-8-28-2/h3-6,9,11-12,21H,7-8,10H2,1-2H3,(H,26,27)(H,20,23,24). The summed E-state index contributed by atoms with van der Waals surface area (Å²) >= 11 is 0. The molecule has 3 rings (SSSR count). The molecule has 0 radical (unpaired) electrons. The first-order valence-corrected chi connectivity index (χ1v) is 8.73. The molecule has 0 fully saturated rings. The van der Waals surface area contributed by atoms with Gasteiger partial charge in [0.25, 0.3) is 0 Å². The Bertz CT molecular complexity index is 956. The number of benzene rings is 1. The van der Waals surface area contributed by atoms with Crippen molar-refractivity contribution in [3.8, 4) is 11.3 Å². The van der Waals surface area contributed by atoms with E-state index < -0.39 is 6.09 Å². The number of methoxy groups -OCH3 is 1. The summed E-state index contributed by atoms with van der Waals surface area (Å²) in [6.45, 7) is 3.47. The maximum atomic E-state index is 10.7. The van der Waals surface area contributed by atoms with Crippen LogP contribution in [0.2, 0.25) is 0 Å². The minimum absolute atomic E-state index is 0.269. The van der Waals surface area contributed by atoms with E-state index in [1.165, 1.54) is 0 Å². The molecule has 2 heterocycles. The summed E-state index contributed by atoms with van der Waals surface area (Å²) in [7, 11) is 1.65. The van der Waals surface area contributed by atoms with Crippen LogP contribution in [0.3, 0.4) is 0 Å². The number of anilines is 2. The number of aromatic nitrogens is 4. The lowest BCUT2D eigenvalue weighted by Crippen LogP contribution is -2.20. The van der Waals surface area contributed by atoms with E-state index in [1.54, 1.807) is 24.2 Å². The third-order valence-electron chi connectivity index (χ3n) is 4.14. The molecule has 0 unspecified atom stereocenters. The Balaban J connectivity index is 1.73. The molecular formula is C19H22N6O3. The monoisotopic (exact) mass is 382 g/mol. The van der Waals surface area contributed by atoms with Gasteiger partial charge in [0, 0.05) is 31.6 Å². The van der Waals surface area contributed by atoms with E-state index >= 15 is 0 Å². The maximum absolute atomic E-state index is 10.7. The SMILES string of the molecule is COCCn1cc(Nc2nccc(-c3ccc(CNC(=O)O)c(C)c3)n2)cn1. The van der Waals surface area contributed by atoms with Crippen LogP contribution in [0.1, 0.15) is 11.1 Å². The van der Waals surface area contributed by atoms with E-state index in [2.05, 4.69) is 25.7 Å². The summed E-state index contributed by atoms with van der Waals surface area (Å²) in [5.41, 5.74) is 4.39. The van der Waals surface area contributed by atoms with E-state index in [-0.39, 0.29) is 6.54 Å². The number of nitrogens with zero attached hydrogens (tertiary/aromatic N) is 4. The van der Waals surface area contributed by atoms with Crippen molar-refractivity contribution in [1.82, 2.24) is 25.1 Å². The molecule has 0 atom stereocenters. The van der Waals surface area contributed by atoms with Crippen LogP contribution in [0.5, 0.6) is 0 Å². The molecule has 1 aromatic carbocycles. The topological polar surface area (TPSA) is 114 Å². The van der Waals surface area contributed by atoms with Crippen LogP contribution in [-0.2, 0) is 17.8 Å². The highest BCUT2D eigenvalue weighted by Crippen LogP contribution is 2.22. The molecule has 0 aliphatic rings. The molecule has 0 saturated heterocycles. The molecule has 0 aliphatic heterocycles. The van der Waals surface area contributed by atoms with Crippen LogP contribution in [0.4, 0.5) is 16.4 Å². The van der Waals surface area contributed by atoms with Crippen molar-refractivity contribution in [2.75, 3.05) is 19.0 Å². The van der Waals surface area contributed by atoms with Crippen LogP contribution < -0.4 is 10.6 Å². The number of carboxylic acid groups (broad SMARTS) is 1. The largest absolute Gasteiger partial charge is 0.465 e. The average molecular weight is 382 g/mol. The molecule has 0 spiro atoms. The minimum atomic E-state index is -1.04. The van der Waals surface area contributed by atoms with Crippen LogP contribution in [0.25, 0.3) is 11.3 Å². The van der Waals surface area contributed by atoms with Crippen LogP contribution in [0.15, 0.2) is 42.9 Å². The second-order valence-electron chi connectivity index (χ2n) is 6.18. The number of nitrogens with one attached hydrogen (secondary N) is 2. The highest BCUT2D eigenvalue weighted by molar-refractivity contribution is 5.65. The zero-order chi connectivity index (χ0) is 19.9. The van der Waals surface area contributed by atoms with Crippen molar-refractivity contribution < 1.29 is 14.6 Å².